The van der Waals surface area contributed by atoms with Crippen LogP contribution in [0, 0.1) is 0 Å². The summed E-state index contributed by atoms with van der Waals surface area (Å²) in [5.74, 6) is 1.69. The fraction of sp³-hybridized carbons (Fsp3) is 0.143. The summed E-state index contributed by atoms with van der Waals surface area (Å²) in [5.41, 5.74) is 8.13. The highest BCUT2D eigenvalue weighted by Gasteiger charge is 2.16. The lowest BCUT2D eigenvalue weighted by atomic mass is 10.2. The normalized spacial score (nSPS) is 10.8. The molecule has 6 nitrogen and oxygen atoms in total. The molecule has 0 bridgehead atoms. The highest BCUT2D eigenvalue weighted by molar-refractivity contribution is 9.10. The second-order valence-corrected chi connectivity index (χ2v) is 5.26. The van der Waals surface area contributed by atoms with Crippen LogP contribution in [0.5, 0.6) is 11.5 Å². The monoisotopic (exact) mass is 348 g/mol. The van der Waals surface area contributed by atoms with Crippen molar-refractivity contribution in [2.75, 3.05) is 20.0 Å². The Balaban J connectivity index is 2.31. The van der Waals surface area contributed by atoms with Crippen LogP contribution in [0.3, 0.4) is 0 Å². The van der Waals surface area contributed by atoms with E-state index >= 15 is 0 Å². The van der Waals surface area contributed by atoms with Gasteiger partial charge in [0.05, 0.1) is 19.9 Å². The molecule has 0 unspecified atom stereocenters. The Bertz CT molecular complexity index is 816. The molecule has 0 aliphatic rings. The largest absolute Gasteiger partial charge is 0.497 e. The number of ether oxygens (including phenoxy) is 2. The van der Waals surface area contributed by atoms with E-state index in [0.717, 1.165) is 10.2 Å². The molecule has 2 aromatic heterocycles. The Morgan fingerprint density at radius 1 is 1.19 bits per heavy atom. The summed E-state index contributed by atoms with van der Waals surface area (Å²) >= 11 is 3.38. The number of nitrogens with two attached hydrogens (primary N) is 1. The Kier molecular flexibility index (Phi) is 3.42. The van der Waals surface area contributed by atoms with E-state index in [1.807, 2.05) is 24.3 Å². The highest BCUT2D eigenvalue weighted by atomic mass is 79.9. The van der Waals surface area contributed by atoms with Crippen LogP contribution in [0.2, 0.25) is 0 Å². The molecule has 3 aromatic rings. The second kappa shape index (κ2) is 5.25. The van der Waals surface area contributed by atoms with Crippen LogP contribution in [0.25, 0.3) is 16.9 Å². The van der Waals surface area contributed by atoms with Crippen LogP contribution in [-0.4, -0.2) is 28.8 Å². The van der Waals surface area contributed by atoms with Crippen molar-refractivity contribution in [3.63, 3.8) is 0 Å². The minimum atomic E-state index is 0.335. The summed E-state index contributed by atoms with van der Waals surface area (Å²) < 4.78 is 13.2. The van der Waals surface area contributed by atoms with Crippen LogP contribution >= 0.6 is 15.9 Å². The highest BCUT2D eigenvalue weighted by Crippen LogP contribution is 2.32. The summed E-state index contributed by atoms with van der Waals surface area (Å²) in [6.07, 6.45) is 1.70. The van der Waals surface area contributed by atoms with Crippen molar-refractivity contribution < 1.29 is 9.47 Å². The molecule has 0 saturated heterocycles. The Morgan fingerprint density at radius 2 is 2.00 bits per heavy atom. The standard InChI is InChI=1S/C14H13BrN4O2/c1-20-9-3-4-12(21-2)11(6-9)19-13-10(18-14(19)16)5-8(15)7-17-13/h3-7H,1-2H3,(H2,16,18). The lowest BCUT2D eigenvalue weighted by Crippen LogP contribution is -2.04. The first-order valence-electron chi connectivity index (χ1n) is 6.16. The number of fused-ring (bicyclic) bond motifs is 1. The van der Waals surface area contributed by atoms with Crippen molar-refractivity contribution >= 4 is 33.0 Å². The molecule has 3 rings (SSSR count). The van der Waals surface area contributed by atoms with Crippen molar-refractivity contribution in [1.29, 1.82) is 0 Å². The lowest BCUT2D eigenvalue weighted by molar-refractivity contribution is 0.402. The van der Waals surface area contributed by atoms with Gasteiger partial charge in [0.2, 0.25) is 5.95 Å². The van der Waals surface area contributed by atoms with Crippen LogP contribution in [0.15, 0.2) is 34.9 Å². The summed E-state index contributed by atoms with van der Waals surface area (Å²) in [5, 5.41) is 0. The molecule has 0 amide bonds. The number of nitrogens with zero attached hydrogens (tertiary/aromatic N) is 3. The number of hydrogen-bond donors (Lipinski definition) is 1. The number of anilines is 1. The number of rotatable bonds is 3. The zero-order valence-corrected chi connectivity index (χ0v) is 13.1. The number of nitrogen functional groups attached to an aromatic ring is 1. The summed E-state index contributed by atoms with van der Waals surface area (Å²) in [7, 11) is 3.21. The van der Waals surface area contributed by atoms with Crippen molar-refractivity contribution in [2.24, 2.45) is 0 Å². The molecule has 0 fully saturated rings. The van der Waals surface area contributed by atoms with Gasteiger partial charge in [-0.3, -0.25) is 4.57 Å². The maximum atomic E-state index is 6.05. The van der Waals surface area contributed by atoms with Gasteiger partial charge in [0, 0.05) is 16.7 Å². The zero-order chi connectivity index (χ0) is 15.0. The fourth-order valence-electron chi connectivity index (χ4n) is 2.17. The van der Waals surface area contributed by atoms with Gasteiger partial charge >= 0.3 is 0 Å². The van der Waals surface area contributed by atoms with Gasteiger partial charge in [-0.25, -0.2) is 9.97 Å². The van der Waals surface area contributed by atoms with Gasteiger partial charge < -0.3 is 15.2 Å². The Labute approximate surface area is 129 Å². The van der Waals surface area contributed by atoms with Gasteiger partial charge in [-0.2, -0.15) is 0 Å². The SMILES string of the molecule is COc1ccc(OC)c(-n2c(N)nc3cc(Br)cnc32)c1. The molecule has 21 heavy (non-hydrogen) atoms. The van der Waals surface area contributed by atoms with Gasteiger partial charge in [-0.1, -0.05) is 0 Å². The van der Waals surface area contributed by atoms with Crippen LogP contribution < -0.4 is 15.2 Å². The van der Waals surface area contributed by atoms with Gasteiger partial charge in [0.1, 0.15) is 17.0 Å². The minimum absolute atomic E-state index is 0.335. The van der Waals surface area contributed by atoms with Crippen molar-refractivity contribution in [1.82, 2.24) is 14.5 Å². The topological polar surface area (TPSA) is 75.2 Å². The van der Waals surface area contributed by atoms with E-state index in [9.17, 15) is 0 Å². The first-order chi connectivity index (χ1) is 10.1. The third kappa shape index (κ3) is 2.29. The molecular weight excluding hydrogens is 336 g/mol. The summed E-state index contributed by atoms with van der Waals surface area (Å²) in [4.78, 5) is 8.72. The van der Waals surface area contributed by atoms with Crippen molar-refractivity contribution in [3.05, 3.63) is 34.9 Å². The average molecular weight is 349 g/mol. The minimum Gasteiger partial charge on any atom is -0.497 e. The third-order valence-corrected chi connectivity index (χ3v) is 3.55. The maximum Gasteiger partial charge on any atom is 0.207 e. The second-order valence-electron chi connectivity index (χ2n) is 4.34. The van der Waals surface area contributed by atoms with Gasteiger partial charge in [0.25, 0.3) is 0 Å². The average Bonchev–Trinajstić information content (AvgIpc) is 2.81. The quantitative estimate of drug-likeness (QED) is 0.787. The van der Waals surface area contributed by atoms with E-state index in [2.05, 4.69) is 25.9 Å². The molecule has 1 aromatic carbocycles. The van der Waals surface area contributed by atoms with Crippen molar-refractivity contribution in [2.45, 2.75) is 0 Å². The maximum absolute atomic E-state index is 6.05. The molecule has 0 atom stereocenters. The molecule has 2 heterocycles. The molecule has 0 radical (unpaired) electrons. The number of imidazole rings is 1. The number of pyridine rings is 1. The third-order valence-electron chi connectivity index (χ3n) is 3.12. The summed E-state index contributed by atoms with van der Waals surface area (Å²) in [6, 6.07) is 7.34. The zero-order valence-electron chi connectivity index (χ0n) is 11.5. The number of aromatic nitrogens is 3. The smallest absolute Gasteiger partial charge is 0.207 e. The molecule has 7 heteroatoms. The van der Waals surface area contributed by atoms with Crippen LogP contribution in [0.1, 0.15) is 0 Å². The predicted molar refractivity (Wildman–Crippen MR) is 84.1 cm³/mol. The number of methoxy groups -OCH3 is 2. The predicted octanol–water partition coefficient (Wildman–Crippen LogP) is 2.78. The molecular formula is C14H13BrN4O2. The van der Waals surface area contributed by atoms with E-state index in [1.165, 1.54) is 0 Å². The number of halogens is 1. The molecule has 0 aliphatic carbocycles. The lowest BCUT2D eigenvalue weighted by Gasteiger charge is -2.12. The van der Waals surface area contributed by atoms with E-state index < -0.39 is 0 Å². The summed E-state index contributed by atoms with van der Waals surface area (Å²) in [6.45, 7) is 0. The Morgan fingerprint density at radius 3 is 2.71 bits per heavy atom. The molecule has 0 saturated carbocycles. The molecule has 0 aliphatic heterocycles. The van der Waals surface area contributed by atoms with Gasteiger partial charge in [-0.15, -0.1) is 0 Å². The molecule has 0 spiro atoms. The number of benzene rings is 1. The van der Waals surface area contributed by atoms with E-state index in [1.54, 1.807) is 25.0 Å². The van der Waals surface area contributed by atoms with Crippen molar-refractivity contribution in [3.8, 4) is 17.2 Å². The van der Waals surface area contributed by atoms with Gasteiger partial charge in [0.15, 0.2) is 5.65 Å². The number of hydrogen-bond acceptors (Lipinski definition) is 5. The fourth-order valence-corrected chi connectivity index (χ4v) is 2.49. The van der Waals surface area contributed by atoms with Crippen LogP contribution in [-0.2, 0) is 0 Å². The van der Waals surface area contributed by atoms with E-state index in [0.29, 0.717) is 28.6 Å². The van der Waals surface area contributed by atoms with E-state index in [4.69, 9.17) is 15.2 Å². The van der Waals surface area contributed by atoms with Crippen LogP contribution in [0.4, 0.5) is 5.95 Å². The van der Waals surface area contributed by atoms with Gasteiger partial charge in [-0.05, 0) is 34.1 Å². The Hall–Kier alpha value is -2.28. The first kappa shape index (κ1) is 13.7. The van der Waals surface area contributed by atoms with E-state index in [-0.39, 0.29) is 0 Å². The molecule has 2 N–H and O–H groups in total. The first-order valence-corrected chi connectivity index (χ1v) is 6.95. The molecule has 108 valence electrons.